The third kappa shape index (κ3) is 5.38. The molecule has 0 N–H and O–H groups in total. The molecule has 32 heavy (non-hydrogen) atoms. The zero-order valence-corrected chi connectivity index (χ0v) is 18.9. The van der Waals surface area contributed by atoms with Crippen molar-refractivity contribution in [3.8, 4) is 5.75 Å². The number of hydrogen-bond donors (Lipinski definition) is 0. The van der Waals surface area contributed by atoms with Crippen molar-refractivity contribution < 1.29 is 14.3 Å². The quantitative estimate of drug-likeness (QED) is 0.461. The molecule has 4 heteroatoms. The molecule has 0 aliphatic heterocycles. The van der Waals surface area contributed by atoms with E-state index in [-0.39, 0.29) is 18.6 Å². The van der Waals surface area contributed by atoms with Crippen LogP contribution < -0.4 is 4.74 Å². The number of carbonyl (C=O) groups is 1. The highest BCUT2D eigenvalue weighted by Gasteiger charge is 2.31. The minimum absolute atomic E-state index is 0.149. The second kappa shape index (κ2) is 10.5. The zero-order chi connectivity index (χ0) is 22.3. The van der Waals surface area contributed by atoms with Crippen molar-refractivity contribution in [3.05, 3.63) is 101 Å². The summed E-state index contributed by atoms with van der Waals surface area (Å²) in [5.41, 5.74) is 5.00. The van der Waals surface area contributed by atoms with Gasteiger partial charge in [-0.1, -0.05) is 66.7 Å². The van der Waals surface area contributed by atoms with E-state index in [1.807, 2.05) is 49.5 Å². The van der Waals surface area contributed by atoms with Crippen molar-refractivity contribution >= 4 is 5.97 Å². The first-order chi connectivity index (χ1) is 15.6. The molecule has 0 amide bonds. The summed E-state index contributed by atoms with van der Waals surface area (Å²) in [7, 11) is 3.75. The molecule has 0 bridgehead atoms. The van der Waals surface area contributed by atoms with Crippen molar-refractivity contribution in [2.75, 3.05) is 20.7 Å². The summed E-state index contributed by atoms with van der Waals surface area (Å²) >= 11 is 0. The van der Waals surface area contributed by atoms with Crippen LogP contribution in [0, 0.1) is 5.92 Å². The normalized spacial score (nSPS) is 16.3. The van der Waals surface area contributed by atoms with E-state index in [1.165, 1.54) is 16.7 Å². The molecule has 2 unspecified atom stereocenters. The number of nitrogens with zero attached hydrogens (tertiary/aromatic N) is 1. The van der Waals surface area contributed by atoms with E-state index in [1.54, 1.807) is 7.11 Å². The second-order valence-corrected chi connectivity index (χ2v) is 8.55. The van der Waals surface area contributed by atoms with Gasteiger partial charge in [0.05, 0.1) is 13.7 Å². The Morgan fingerprint density at radius 2 is 1.72 bits per heavy atom. The number of ether oxygens (including phenoxy) is 2. The van der Waals surface area contributed by atoms with E-state index in [2.05, 4.69) is 41.3 Å². The van der Waals surface area contributed by atoms with Crippen molar-refractivity contribution in [2.24, 2.45) is 5.92 Å². The van der Waals surface area contributed by atoms with Crippen LogP contribution in [0.4, 0.5) is 0 Å². The maximum Gasteiger partial charge on any atom is 0.320 e. The highest BCUT2D eigenvalue weighted by molar-refractivity contribution is 5.71. The van der Waals surface area contributed by atoms with E-state index in [9.17, 15) is 4.79 Å². The molecule has 166 valence electrons. The molecule has 3 aromatic rings. The van der Waals surface area contributed by atoms with Crippen molar-refractivity contribution in [2.45, 2.75) is 31.9 Å². The largest absolute Gasteiger partial charge is 0.497 e. The summed E-state index contributed by atoms with van der Waals surface area (Å²) in [5, 5.41) is 0. The number of aryl methyl sites for hydroxylation is 1. The van der Waals surface area contributed by atoms with E-state index in [4.69, 9.17) is 9.47 Å². The minimum Gasteiger partial charge on any atom is -0.497 e. The van der Waals surface area contributed by atoms with Crippen LogP contribution in [0.2, 0.25) is 0 Å². The first-order valence-electron chi connectivity index (χ1n) is 11.2. The fraction of sp³-hybridized carbons (Fsp3) is 0.321. The molecular formula is C28H31NO3. The molecule has 4 rings (SSSR count). The van der Waals surface area contributed by atoms with Gasteiger partial charge in [-0.25, -0.2) is 0 Å². The minimum atomic E-state index is -0.196. The Hall–Kier alpha value is -3.11. The van der Waals surface area contributed by atoms with Crippen molar-refractivity contribution in [1.82, 2.24) is 4.90 Å². The lowest BCUT2D eigenvalue weighted by Gasteiger charge is -2.37. The molecular weight excluding hydrogens is 398 g/mol. The van der Waals surface area contributed by atoms with Crippen molar-refractivity contribution in [3.63, 3.8) is 0 Å². The van der Waals surface area contributed by atoms with Crippen molar-refractivity contribution in [1.29, 1.82) is 0 Å². The van der Waals surface area contributed by atoms with Gasteiger partial charge in [0.25, 0.3) is 0 Å². The predicted molar refractivity (Wildman–Crippen MR) is 127 cm³/mol. The van der Waals surface area contributed by atoms with Crippen LogP contribution in [-0.4, -0.2) is 31.6 Å². The van der Waals surface area contributed by atoms with Crippen LogP contribution in [0.25, 0.3) is 0 Å². The second-order valence-electron chi connectivity index (χ2n) is 8.55. The summed E-state index contributed by atoms with van der Waals surface area (Å²) in [6.45, 7) is 0.570. The molecule has 1 aliphatic carbocycles. The first-order valence-corrected chi connectivity index (χ1v) is 11.2. The summed E-state index contributed by atoms with van der Waals surface area (Å²) in [4.78, 5) is 14.8. The molecule has 0 heterocycles. The number of benzene rings is 3. The number of fused-ring (bicyclic) bond motifs is 1. The lowest BCUT2D eigenvalue weighted by atomic mass is 9.77. The number of rotatable bonds is 8. The van der Waals surface area contributed by atoms with Gasteiger partial charge in [0, 0.05) is 6.04 Å². The van der Waals surface area contributed by atoms with Crippen LogP contribution in [-0.2, 0) is 29.0 Å². The van der Waals surface area contributed by atoms with Crippen LogP contribution in [0.1, 0.15) is 34.7 Å². The highest BCUT2D eigenvalue weighted by Crippen LogP contribution is 2.38. The number of likely N-dealkylation sites (N-methyl/N-ethyl adjacent to an activating group) is 1. The topological polar surface area (TPSA) is 38.8 Å². The maximum atomic E-state index is 12.6. The first kappa shape index (κ1) is 22.1. The van der Waals surface area contributed by atoms with Gasteiger partial charge in [0.1, 0.15) is 12.4 Å². The monoisotopic (exact) mass is 429 g/mol. The summed E-state index contributed by atoms with van der Waals surface area (Å²) < 4.78 is 11.0. The van der Waals surface area contributed by atoms with Crippen LogP contribution >= 0.6 is 0 Å². The maximum absolute atomic E-state index is 12.6. The Bertz CT molecular complexity index is 1020. The van der Waals surface area contributed by atoms with Gasteiger partial charge < -0.3 is 9.47 Å². The van der Waals surface area contributed by atoms with Crippen LogP contribution in [0.3, 0.4) is 0 Å². The fourth-order valence-electron chi connectivity index (χ4n) is 4.78. The van der Waals surface area contributed by atoms with Gasteiger partial charge in [-0.2, -0.15) is 0 Å². The van der Waals surface area contributed by atoms with E-state index in [0.717, 1.165) is 30.6 Å². The van der Waals surface area contributed by atoms with Gasteiger partial charge in [0.2, 0.25) is 0 Å². The lowest BCUT2D eigenvalue weighted by molar-refractivity contribution is -0.146. The smallest absolute Gasteiger partial charge is 0.320 e. The highest BCUT2D eigenvalue weighted by atomic mass is 16.5. The van der Waals surface area contributed by atoms with E-state index < -0.39 is 0 Å². The third-order valence-electron chi connectivity index (χ3n) is 6.36. The van der Waals surface area contributed by atoms with Crippen LogP contribution in [0.15, 0.2) is 78.9 Å². The Balaban J connectivity index is 1.47. The zero-order valence-electron chi connectivity index (χ0n) is 18.9. The Kier molecular flexibility index (Phi) is 7.23. The summed E-state index contributed by atoms with van der Waals surface area (Å²) in [6, 6.07) is 26.9. The lowest BCUT2D eigenvalue weighted by Crippen LogP contribution is -2.37. The molecule has 0 saturated heterocycles. The van der Waals surface area contributed by atoms with Gasteiger partial charge in [0.15, 0.2) is 0 Å². The Morgan fingerprint density at radius 3 is 2.44 bits per heavy atom. The molecule has 4 nitrogen and oxygen atoms in total. The number of hydrogen-bond acceptors (Lipinski definition) is 4. The van der Waals surface area contributed by atoms with Gasteiger partial charge in [-0.3, -0.25) is 9.69 Å². The number of carbonyl (C=O) groups excluding carboxylic acids is 1. The standard InChI is InChI=1S/C28H31NO3/c1-29(19-27(30)32-20-21-9-5-3-6-10-21)28(22-11-7-4-8-12-22)25-14-13-24-18-26(31-2)16-15-23(24)17-25/h3-12,15-16,18,25,28H,13-14,17,19-20H2,1-2H3. The molecule has 0 saturated carbocycles. The molecule has 0 spiro atoms. The average Bonchev–Trinajstić information content (AvgIpc) is 2.84. The van der Waals surface area contributed by atoms with Gasteiger partial charge in [-0.15, -0.1) is 0 Å². The number of methoxy groups -OCH3 is 1. The molecule has 0 aromatic heterocycles. The molecule has 2 atom stereocenters. The van der Waals surface area contributed by atoms with Crippen LogP contribution in [0.5, 0.6) is 5.75 Å². The molecule has 1 aliphatic rings. The summed E-state index contributed by atoms with van der Waals surface area (Å²) in [6.07, 6.45) is 3.08. The van der Waals surface area contributed by atoms with E-state index in [0.29, 0.717) is 12.5 Å². The Morgan fingerprint density at radius 1 is 1.00 bits per heavy atom. The molecule has 0 radical (unpaired) electrons. The fourth-order valence-corrected chi connectivity index (χ4v) is 4.78. The third-order valence-corrected chi connectivity index (χ3v) is 6.36. The molecule has 3 aromatic carbocycles. The molecule has 0 fully saturated rings. The van der Waals surface area contributed by atoms with Gasteiger partial charge in [-0.05, 0) is 66.6 Å². The average molecular weight is 430 g/mol. The van der Waals surface area contributed by atoms with Gasteiger partial charge >= 0.3 is 5.97 Å². The predicted octanol–water partition coefficient (Wildman–Crippen LogP) is 5.22. The van der Waals surface area contributed by atoms with E-state index >= 15 is 0 Å². The summed E-state index contributed by atoms with van der Waals surface area (Å²) in [5.74, 6) is 1.14. The Labute approximate surface area is 190 Å². The number of esters is 1. The SMILES string of the molecule is COc1ccc2c(c1)CCC(C(c1ccccc1)N(C)CC(=O)OCc1ccccc1)C2.